The zero-order valence-electron chi connectivity index (χ0n) is 12.6. The number of non-ortho nitro benzene ring substituents is 1. The van der Waals surface area contributed by atoms with Gasteiger partial charge in [-0.1, -0.05) is 6.92 Å². The Morgan fingerprint density at radius 2 is 2.00 bits per heavy atom. The Morgan fingerprint density at radius 3 is 2.50 bits per heavy atom. The van der Waals surface area contributed by atoms with E-state index < -0.39 is 4.92 Å². The van der Waals surface area contributed by atoms with Gasteiger partial charge in [0.1, 0.15) is 11.9 Å². The smallest absolute Gasteiger partial charge is 0.269 e. The van der Waals surface area contributed by atoms with Gasteiger partial charge in [-0.3, -0.25) is 14.9 Å². The number of likely N-dealkylation sites (tertiary alicyclic amines) is 1. The fourth-order valence-electron chi connectivity index (χ4n) is 2.45. The summed E-state index contributed by atoms with van der Waals surface area (Å²) in [6, 6.07) is 6.06. The number of carbonyl (C=O) groups excluding carboxylic acids is 1. The molecule has 0 saturated carbocycles. The maximum absolute atomic E-state index is 12.0. The molecule has 1 unspecified atom stereocenters. The highest BCUT2D eigenvalue weighted by Gasteiger charge is 2.26. The highest BCUT2D eigenvalue weighted by atomic mass is 16.6. The summed E-state index contributed by atoms with van der Waals surface area (Å²) in [5.74, 6) is 0.564. The molecule has 1 saturated heterocycles. The Morgan fingerprint density at radius 1 is 1.41 bits per heavy atom. The SMILES string of the molecule is CC(CN)C(=O)N1CCC(Oc2ccc([N+](=O)[O-])cc2)CC1. The summed E-state index contributed by atoms with van der Waals surface area (Å²) in [6.07, 6.45) is 1.53. The Hall–Kier alpha value is -2.15. The number of nitro benzene ring substituents is 1. The van der Waals surface area contributed by atoms with E-state index in [-0.39, 0.29) is 23.6 Å². The molecule has 2 rings (SSSR count). The number of amides is 1. The second-order valence-corrected chi connectivity index (χ2v) is 5.53. The van der Waals surface area contributed by atoms with Crippen molar-refractivity contribution >= 4 is 11.6 Å². The van der Waals surface area contributed by atoms with Crippen LogP contribution < -0.4 is 10.5 Å². The summed E-state index contributed by atoms with van der Waals surface area (Å²) in [6.45, 7) is 3.50. The van der Waals surface area contributed by atoms with Crippen molar-refractivity contribution in [2.45, 2.75) is 25.9 Å². The summed E-state index contributed by atoms with van der Waals surface area (Å²) in [7, 11) is 0. The van der Waals surface area contributed by atoms with Crippen molar-refractivity contribution in [1.82, 2.24) is 4.90 Å². The minimum absolute atomic E-state index is 0.0266. The van der Waals surface area contributed by atoms with E-state index in [2.05, 4.69) is 0 Å². The van der Waals surface area contributed by atoms with Crippen LogP contribution in [-0.2, 0) is 4.79 Å². The van der Waals surface area contributed by atoms with Crippen LogP contribution in [0.3, 0.4) is 0 Å². The molecule has 1 aliphatic heterocycles. The molecule has 1 heterocycles. The third kappa shape index (κ3) is 3.94. The molecule has 22 heavy (non-hydrogen) atoms. The molecule has 0 aliphatic carbocycles. The highest BCUT2D eigenvalue weighted by molar-refractivity contribution is 5.78. The summed E-state index contributed by atoms with van der Waals surface area (Å²) in [5, 5.41) is 10.6. The first kappa shape index (κ1) is 16.2. The van der Waals surface area contributed by atoms with Crippen molar-refractivity contribution in [3.8, 4) is 5.75 Å². The van der Waals surface area contributed by atoms with Gasteiger partial charge in [-0.2, -0.15) is 0 Å². The van der Waals surface area contributed by atoms with Crippen molar-refractivity contribution in [2.75, 3.05) is 19.6 Å². The molecule has 0 aromatic heterocycles. The van der Waals surface area contributed by atoms with Gasteiger partial charge in [0.2, 0.25) is 5.91 Å². The van der Waals surface area contributed by atoms with E-state index in [1.54, 1.807) is 12.1 Å². The van der Waals surface area contributed by atoms with E-state index in [1.165, 1.54) is 12.1 Å². The van der Waals surface area contributed by atoms with Crippen LogP contribution in [0.2, 0.25) is 0 Å². The third-order valence-corrected chi connectivity index (χ3v) is 3.88. The number of benzene rings is 1. The van der Waals surface area contributed by atoms with Gasteiger partial charge >= 0.3 is 0 Å². The van der Waals surface area contributed by atoms with Gasteiger partial charge in [-0.05, 0) is 12.1 Å². The van der Waals surface area contributed by atoms with Crippen molar-refractivity contribution in [3.05, 3.63) is 34.4 Å². The van der Waals surface area contributed by atoms with E-state index in [4.69, 9.17) is 10.5 Å². The van der Waals surface area contributed by atoms with Crippen molar-refractivity contribution in [3.63, 3.8) is 0 Å². The number of hydrogen-bond acceptors (Lipinski definition) is 5. The average molecular weight is 307 g/mol. The predicted octanol–water partition coefficient (Wildman–Crippen LogP) is 1.56. The molecule has 2 N–H and O–H groups in total. The highest BCUT2D eigenvalue weighted by Crippen LogP contribution is 2.22. The quantitative estimate of drug-likeness (QED) is 0.657. The molecule has 120 valence electrons. The number of nitrogens with two attached hydrogens (primary N) is 1. The van der Waals surface area contributed by atoms with Crippen molar-refractivity contribution < 1.29 is 14.5 Å². The lowest BCUT2D eigenvalue weighted by atomic mass is 10.0. The molecule has 1 fully saturated rings. The first-order valence-electron chi connectivity index (χ1n) is 7.41. The zero-order valence-corrected chi connectivity index (χ0v) is 12.6. The van der Waals surface area contributed by atoms with Crippen LogP contribution >= 0.6 is 0 Å². The van der Waals surface area contributed by atoms with E-state index in [0.717, 1.165) is 12.8 Å². The average Bonchev–Trinajstić information content (AvgIpc) is 2.54. The summed E-state index contributed by atoms with van der Waals surface area (Å²) >= 11 is 0. The first-order valence-corrected chi connectivity index (χ1v) is 7.41. The zero-order chi connectivity index (χ0) is 16.1. The van der Waals surface area contributed by atoms with Crippen LogP contribution in [0.15, 0.2) is 24.3 Å². The van der Waals surface area contributed by atoms with Crippen molar-refractivity contribution in [1.29, 1.82) is 0 Å². The Bertz CT molecular complexity index is 524. The first-order chi connectivity index (χ1) is 10.5. The van der Waals surface area contributed by atoms with E-state index in [9.17, 15) is 14.9 Å². The van der Waals surface area contributed by atoms with Gasteiger partial charge < -0.3 is 15.4 Å². The Kier molecular flexibility index (Phi) is 5.32. The van der Waals surface area contributed by atoms with E-state index >= 15 is 0 Å². The van der Waals surface area contributed by atoms with Gasteiger partial charge in [0.15, 0.2) is 0 Å². The van der Waals surface area contributed by atoms with E-state index in [0.29, 0.717) is 25.4 Å². The summed E-state index contributed by atoms with van der Waals surface area (Å²) < 4.78 is 5.82. The summed E-state index contributed by atoms with van der Waals surface area (Å²) in [4.78, 5) is 24.0. The lowest BCUT2D eigenvalue weighted by Crippen LogP contribution is -2.45. The van der Waals surface area contributed by atoms with Gasteiger partial charge in [-0.15, -0.1) is 0 Å². The van der Waals surface area contributed by atoms with Crippen molar-refractivity contribution in [2.24, 2.45) is 11.7 Å². The maximum atomic E-state index is 12.0. The molecular formula is C15H21N3O4. The lowest BCUT2D eigenvalue weighted by molar-refractivity contribution is -0.384. The molecule has 1 aromatic carbocycles. The molecular weight excluding hydrogens is 286 g/mol. The number of piperidine rings is 1. The van der Waals surface area contributed by atoms with Crippen LogP contribution in [-0.4, -0.2) is 41.5 Å². The van der Waals surface area contributed by atoms with Gasteiger partial charge in [-0.25, -0.2) is 0 Å². The Balaban J connectivity index is 1.84. The molecule has 7 nitrogen and oxygen atoms in total. The molecule has 1 aromatic rings. The monoisotopic (exact) mass is 307 g/mol. The standard InChI is InChI=1S/C15H21N3O4/c1-11(10-16)15(19)17-8-6-14(7-9-17)22-13-4-2-12(3-5-13)18(20)21/h2-5,11,14H,6-10,16H2,1H3. The van der Waals surface area contributed by atoms with E-state index in [1.807, 2.05) is 11.8 Å². The normalized spacial score (nSPS) is 17.1. The number of ether oxygens (including phenoxy) is 1. The lowest BCUT2D eigenvalue weighted by Gasteiger charge is -2.33. The molecule has 1 atom stereocenters. The number of nitro groups is 1. The van der Waals surface area contributed by atoms with Gasteiger partial charge in [0, 0.05) is 50.5 Å². The largest absolute Gasteiger partial charge is 0.490 e. The predicted molar refractivity (Wildman–Crippen MR) is 81.5 cm³/mol. The second kappa shape index (κ2) is 7.22. The topological polar surface area (TPSA) is 98.7 Å². The van der Waals surface area contributed by atoms with Crippen LogP contribution in [0.1, 0.15) is 19.8 Å². The van der Waals surface area contributed by atoms with Gasteiger partial charge in [0.25, 0.3) is 5.69 Å². The third-order valence-electron chi connectivity index (χ3n) is 3.88. The molecule has 7 heteroatoms. The van der Waals surface area contributed by atoms with Gasteiger partial charge in [0.05, 0.1) is 4.92 Å². The molecule has 1 amide bonds. The number of rotatable bonds is 5. The van der Waals surface area contributed by atoms with Crippen LogP contribution in [0.25, 0.3) is 0 Å². The fourth-order valence-corrected chi connectivity index (χ4v) is 2.45. The molecule has 0 bridgehead atoms. The second-order valence-electron chi connectivity index (χ2n) is 5.53. The number of hydrogen-bond donors (Lipinski definition) is 1. The molecule has 0 radical (unpaired) electrons. The minimum atomic E-state index is -0.438. The summed E-state index contributed by atoms with van der Waals surface area (Å²) in [5.41, 5.74) is 5.57. The number of nitrogens with zero attached hydrogens (tertiary/aromatic N) is 2. The minimum Gasteiger partial charge on any atom is -0.490 e. The fraction of sp³-hybridized carbons (Fsp3) is 0.533. The molecule has 0 spiro atoms. The van der Waals surface area contributed by atoms with Crippen LogP contribution in [0.5, 0.6) is 5.75 Å². The Labute approximate surface area is 129 Å². The number of carbonyl (C=O) groups is 1. The van der Waals surface area contributed by atoms with Crippen LogP contribution in [0.4, 0.5) is 5.69 Å². The molecule has 1 aliphatic rings. The maximum Gasteiger partial charge on any atom is 0.269 e. The van der Waals surface area contributed by atoms with Crippen LogP contribution in [0, 0.1) is 16.0 Å².